The number of aliphatic hydroxyl groups is 1. The largest absolute Gasteiger partial charge is 0.457 e. The molecule has 2 atom stereocenters. The first-order valence-corrected chi connectivity index (χ1v) is 9.16. The molecular formula is C20H19ClF5NO3. The first-order chi connectivity index (χ1) is 13.9. The number of esters is 1. The number of aliphatic hydroxyl groups excluding tert-OH is 1. The van der Waals surface area contributed by atoms with Gasteiger partial charge in [-0.3, -0.25) is 0 Å². The van der Waals surface area contributed by atoms with Crippen LogP contribution in [0.1, 0.15) is 12.0 Å². The van der Waals surface area contributed by atoms with Crippen LogP contribution >= 0.6 is 11.6 Å². The van der Waals surface area contributed by atoms with Crippen molar-refractivity contribution in [3.8, 4) is 11.1 Å². The molecule has 0 spiro atoms. The summed E-state index contributed by atoms with van der Waals surface area (Å²) in [5, 5.41) is 10.3. The Morgan fingerprint density at radius 1 is 1.07 bits per heavy atom. The number of rotatable bonds is 8. The van der Waals surface area contributed by atoms with E-state index in [-0.39, 0.29) is 12.8 Å². The normalized spacial score (nSPS) is 14.3. The molecule has 2 unspecified atom stereocenters. The maximum atomic E-state index is 12.8. The van der Waals surface area contributed by atoms with E-state index in [9.17, 15) is 31.9 Å². The van der Waals surface area contributed by atoms with Gasteiger partial charge in [0.1, 0.15) is 0 Å². The van der Waals surface area contributed by atoms with Gasteiger partial charge in [-0.25, -0.2) is 4.79 Å². The topological polar surface area (TPSA) is 72.5 Å². The van der Waals surface area contributed by atoms with Gasteiger partial charge >= 0.3 is 18.1 Å². The Balaban J connectivity index is 1.87. The van der Waals surface area contributed by atoms with E-state index in [0.29, 0.717) is 5.02 Å². The van der Waals surface area contributed by atoms with Gasteiger partial charge in [0.2, 0.25) is 0 Å². The molecule has 0 aromatic heterocycles. The van der Waals surface area contributed by atoms with Crippen LogP contribution in [0.4, 0.5) is 22.0 Å². The van der Waals surface area contributed by atoms with Gasteiger partial charge in [-0.15, -0.1) is 0 Å². The van der Waals surface area contributed by atoms with E-state index < -0.39 is 36.8 Å². The Bertz CT molecular complexity index is 858. The van der Waals surface area contributed by atoms with Crippen LogP contribution in [0.2, 0.25) is 5.02 Å². The Labute approximate surface area is 174 Å². The quantitative estimate of drug-likeness (QED) is 0.462. The molecule has 0 heterocycles. The lowest BCUT2D eigenvalue weighted by atomic mass is 9.98. The number of carbonyl (C=O) groups is 1. The van der Waals surface area contributed by atoms with Gasteiger partial charge in [0.05, 0.1) is 0 Å². The Kier molecular flexibility index (Phi) is 7.79. The van der Waals surface area contributed by atoms with E-state index in [1.165, 1.54) is 0 Å². The minimum absolute atomic E-state index is 0.235. The molecule has 164 valence electrons. The molecule has 4 nitrogen and oxygen atoms in total. The van der Waals surface area contributed by atoms with Crippen molar-refractivity contribution in [1.29, 1.82) is 0 Å². The highest BCUT2D eigenvalue weighted by molar-refractivity contribution is 6.30. The van der Waals surface area contributed by atoms with Gasteiger partial charge in [-0.2, -0.15) is 22.0 Å². The van der Waals surface area contributed by atoms with E-state index in [1.807, 2.05) is 24.3 Å². The van der Waals surface area contributed by atoms with Crippen LogP contribution in [0.3, 0.4) is 0 Å². The zero-order valence-electron chi connectivity index (χ0n) is 15.5. The van der Waals surface area contributed by atoms with E-state index in [4.69, 9.17) is 17.3 Å². The summed E-state index contributed by atoms with van der Waals surface area (Å²) in [6.45, 7) is -2.20. The zero-order chi connectivity index (χ0) is 22.5. The standard InChI is InChI=1S/C20H19ClF5NO3/c21-15-3-1-2-14(9-15)13-6-4-12(5-7-13)8-16(27)10-17(28)18(29)30-11-19(22,23)20(24,25)26/h1-7,9,16-17,28H,8,10-11,27H2. The smallest absolute Gasteiger partial charge is 0.456 e. The summed E-state index contributed by atoms with van der Waals surface area (Å²) >= 11 is 5.96. The summed E-state index contributed by atoms with van der Waals surface area (Å²) in [7, 11) is 0. The van der Waals surface area contributed by atoms with Crippen LogP contribution < -0.4 is 5.73 Å². The number of benzene rings is 2. The Morgan fingerprint density at radius 2 is 1.70 bits per heavy atom. The first kappa shape index (κ1) is 24.0. The molecule has 0 aliphatic carbocycles. The van der Waals surface area contributed by atoms with Crippen LogP contribution in [-0.4, -0.2) is 41.9 Å². The summed E-state index contributed by atoms with van der Waals surface area (Å²) in [5.74, 6) is -6.79. The molecular weight excluding hydrogens is 433 g/mol. The lowest BCUT2D eigenvalue weighted by molar-refractivity contribution is -0.294. The van der Waals surface area contributed by atoms with Crippen LogP contribution in [0.25, 0.3) is 11.1 Å². The average molecular weight is 452 g/mol. The lowest BCUT2D eigenvalue weighted by Crippen LogP contribution is -2.43. The second kappa shape index (κ2) is 9.72. The molecule has 0 saturated heterocycles. The monoisotopic (exact) mass is 451 g/mol. The molecule has 2 rings (SSSR count). The average Bonchev–Trinajstić information content (AvgIpc) is 2.65. The summed E-state index contributed by atoms with van der Waals surface area (Å²) in [6, 6.07) is 13.7. The van der Waals surface area contributed by atoms with Gasteiger partial charge in [0, 0.05) is 11.1 Å². The number of hydrogen-bond donors (Lipinski definition) is 2. The molecule has 3 N–H and O–H groups in total. The second-order valence-electron chi connectivity index (χ2n) is 6.73. The van der Waals surface area contributed by atoms with Crippen molar-refractivity contribution in [2.75, 3.05) is 6.61 Å². The van der Waals surface area contributed by atoms with E-state index >= 15 is 0 Å². The van der Waals surface area contributed by atoms with Crippen molar-refractivity contribution < 1.29 is 36.6 Å². The molecule has 30 heavy (non-hydrogen) atoms. The van der Waals surface area contributed by atoms with Gasteiger partial charge in [-0.1, -0.05) is 48.0 Å². The summed E-state index contributed by atoms with van der Waals surface area (Å²) in [4.78, 5) is 11.5. The number of carbonyl (C=O) groups excluding carboxylic acids is 1. The van der Waals surface area contributed by atoms with E-state index in [2.05, 4.69) is 4.74 Å². The molecule has 2 aromatic rings. The van der Waals surface area contributed by atoms with Crippen LogP contribution in [0.5, 0.6) is 0 Å². The van der Waals surface area contributed by atoms with E-state index in [1.54, 1.807) is 24.3 Å². The van der Waals surface area contributed by atoms with Gasteiger partial charge in [-0.05, 0) is 41.7 Å². The van der Waals surface area contributed by atoms with Gasteiger partial charge < -0.3 is 15.6 Å². The second-order valence-corrected chi connectivity index (χ2v) is 7.17. The highest BCUT2D eigenvalue weighted by atomic mass is 35.5. The molecule has 2 aromatic carbocycles. The highest BCUT2D eigenvalue weighted by Gasteiger charge is 2.58. The maximum Gasteiger partial charge on any atom is 0.456 e. The SMILES string of the molecule is NC(Cc1ccc(-c2cccc(Cl)c2)cc1)CC(O)C(=O)OCC(F)(F)C(F)(F)F. The van der Waals surface area contributed by atoms with Crippen molar-refractivity contribution in [2.45, 2.75) is 37.1 Å². The fourth-order valence-corrected chi connectivity index (χ4v) is 2.80. The molecule has 0 bridgehead atoms. The molecule has 0 radical (unpaired) electrons. The predicted molar refractivity (Wildman–Crippen MR) is 101 cm³/mol. The first-order valence-electron chi connectivity index (χ1n) is 8.79. The van der Waals surface area contributed by atoms with E-state index in [0.717, 1.165) is 16.7 Å². The fourth-order valence-electron chi connectivity index (χ4n) is 2.61. The number of ether oxygens (including phenoxy) is 1. The minimum atomic E-state index is -5.86. The van der Waals surface area contributed by atoms with Crippen molar-refractivity contribution in [3.05, 3.63) is 59.1 Å². The van der Waals surface area contributed by atoms with Gasteiger partial charge in [0.15, 0.2) is 12.7 Å². The predicted octanol–water partition coefficient (Wildman–Crippen LogP) is 4.37. The van der Waals surface area contributed by atoms with Gasteiger partial charge in [0.25, 0.3) is 0 Å². The van der Waals surface area contributed by atoms with Crippen molar-refractivity contribution in [1.82, 2.24) is 0 Å². The lowest BCUT2D eigenvalue weighted by Gasteiger charge is -2.21. The number of nitrogens with two attached hydrogens (primary N) is 1. The molecule has 0 fully saturated rings. The van der Waals surface area contributed by atoms with Crippen molar-refractivity contribution in [2.24, 2.45) is 5.73 Å². The molecule has 10 heteroatoms. The molecule has 0 aliphatic heterocycles. The number of hydrogen-bond acceptors (Lipinski definition) is 4. The zero-order valence-corrected chi connectivity index (χ0v) is 16.3. The van der Waals surface area contributed by atoms with Crippen molar-refractivity contribution in [3.63, 3.8) is 0 Å². The number of halogens is 6. The highest BCUT2D eigenvalue weighted by Crippen LogP contribution is 2.35. The van der Waals surface area contributed by atoms with Crippen LogP contribution in [0, 0.1) is 0 Å². The summed E-state index contributed by atoms with van der Waals surface area (Å²) < 4.78 is 65.6. The van der Waals surface area contributed by atoms with Crippen LogP contribution in [0.15, 0.2) is 48.5 Å². The summed E-state index contributed by atoms with van der Waals surface area (Å²) in [6.07, 6.45) is -7.91. The van der Waals surface area contributed by atoms with Crippen LogP contribution in [-0.2, 0) is 16.0 Å². The third-order valence-electron chi connectivity index (χ3n) is 4.22. The maximum absolute atomic E-state index is 12.8. The fraction of sp³-hybridized carbons (Fsp3) is 0.350. The van der Waals surface area contributed by atoms with Crippen molar-refractivity contribution >= 4 is 17.6 Å². The Morgan fingerprint density at radius 3 is 2.27 bits per heavy atom. The Hall–Kier alpha value is -2.23. The third-order valence-corrected chi connectivity index (χ3v) is 4.45. The molecule has 0 aliphatic rings. The molecule has 0 saturated carbocycles. The third kappa shape index (κ3) is 6.65. The minimum Gasteiger partial charge on any atom is -0.457 e. The molecule has 0 amide bonds. The summed E-state index contributed by atoms with van der Waals surface area (Å²) in [5.41, 5.74) is 8.44. The number of alkyl halides is 5.